The minimum absolute atomic E-state index is 0.0858. The summed E-state index contributed by atoms with van der Waals surface area (Å²) >= 11 is 1.90. The highest BCUT2D eigenvalue weighted by molar-refractivity contribution is 8.14. The zero-order valence-corrected chi connectivity index (χ0v) is 15.3. The maximum absolute atomic E-state index is 5.09. The summed E-state index contributed by atoms with van der Waals surface area (Å²) in [4.78, 5) is 12.3. The molecule has 0 unspecified atom stereocenters. The molecule has 0 radical (unpaired) electrons. The van der Waals surface area contributed by atoms with Crippen LogP contribution in [0.15, 0.2) is 41.5 Å². The Morgan fingerprint density at radius 3 is 2.79 bits per heavy atom. The van der Waals surface area contributed by atoms with E-state index in [0.717, 1.165) is 24.4 Å². The molecule has 0 bridgehead atoms. The third-order valence-corrected chi connectivity index (χ3v) is 6.31. The van der Waals surface area contributed by atoms with Gasteiger partial charge in [0.25, 0.3) is 0 Å². The van der Waals surface area contributed by atoms with Crippen LogP contribution in [0, 0.1) is 6.92 Å². The first-order chi connectivity index (χ1) is 11.7. The van der Waals surface area contributed by atoms with Crippen molar-refractivity contribution in [3.63, 3.8) is 0 Å². The summed E-state index contributed by atoms with van der Waals surface area (Å²) < 4.78 is 2.43. The summed E-state index contributed by atoms with van der Waals surface area (Å²) in [5, 5.41) is 1.20. The lowest BCUT2D eigenvalue weighted by Gasteiger charge is -2.32. The van der Waals surface area contributed by atoms with Gasteiger partial charge in [-0.1, -0.05) is 24.8 Å². The second-order valence-corrected chi connectivity index (χ2v) is 7.47. The van der Waals surface area contributed by atoms with Crippen molar-refractivity contribution in [2.75, 3.05) is 5.75 Å². The molecule has 0 aromatic carbocycles. The lowest BCUT2D eigenvalue weighted by molar-refractivity contribution is 0.245. The topological polar surface area (TPSA) is 33.4 Å². The first-order valence-corrected chi connectivity index (χ1v) is 9.79. The second-order valence-electron chi connectivity index (χ2n) is 6.48. The van der Waals surface area contributed by atoms with Crippen LogP contribution in [-0.2, 0) is 6.54 Å². The van der Waals surface area contributed by atoms with E-state index in [1.165, 1.54) is 16.6 Å². The van der Waals surface area contributed by atoms with E-state index in [9.17, 15) is 0 Å². The third kappa shape index (κ3) is 2.37. The van der Waals surface area contributed by atoms with Crippen LogP contribution in [0.2, 0.25) is 0 Å². The number of hydrogen-bond donors (Lipinski definition) is 0. The quantitative estimate of drug-likeness (QED) is 0.837. The normalized spacial score (nSPS) is 25.9. The van der Waals surface area contributed by atoms with E-state index in [2.05, 4.69) is 59.5 Å². The van der Waals surface area contributed by atoms with Crippen molar-refractivity contribution in [3.8, 4) is 0 Å². The van der Waals surface area contributed by atoms with Gasteiger partial charge >= 0.3 is 0 Å². The second kappa shape index (κ2) is 6.28. The molecule has 0 N–H and O–H groups in total. The van der Waals surface area contributed by atoms with Crippen LogP contribution in [0.4, 0.5) is 0 Å². The number of hydrogen-bond acceptors (Lipinski definition) is 4. The van der Waals surface area contributed by atoms with E-state index >= 15 is 0 Å². The summed E-state index contributed by atoms with van der Waals surface area (Å²) in [6.45, 7) is 7.69. The lowest BCUT2D eigenvalue weighted by atomic mass is 9.99. The molecular formula is C19H24N4S. The number of pyridine rings is 1. The van der Waals surface area contributed by atoms with Crippen LogP contribution in [0.5, 0.6) is 0 Å². The Labute approximate surface area is 148 Å². The van der Waals surface area contributed by atoms with Gasteiger partial charge < -0.3 is 9.47 Å². The Morgan fingerprint density at radius 1 is 1.21 bits per heavy atom. The Balaban J connectivity index is 1.82. The summed E-state index contributed by atoms with van der Waals surface area (Å²) in [6.07, 6.45) is 3.04. The standard InChI is InChI=1S/C19H24N4S/c1-4-14-12-24-19-21-17(15-8-6-7-11-20-15)18(23(14)19)16-10-9-13(3)22(16)5-2/h6-11,14,17-18H,4-5,12H2,1-3H3/t14-,17-,18+/m1/s1. The molecule has 126 valence electrons. The van der Waals surface area contributed by atoms with Gasteiger partial charge in [-0.3, -0.25) is 9.98 Å². The molecule has 0 saturated carbocycles. The fraction of sp³-hybridized carbons (Fsp3) is 0.474. The van der Waals surface area contributed by atoms with Crippen LogP contribution in [0.1, 0.15) is 49.4 Å². The molecule has 5 heteroatoms. The van der Waals surface area contributed by atoms with Gasteiger partial charge in [-0.2, -0.15) is 0 Å². The van der Waals surface area contributed by atoms with Crippen molar-refractivity contribution in [1.29, 1.82) is 0 Å². The maximum atomic E-state index is 5.09. The molecule has 1 fully saturated rings. The van der Waals surface area contributed by atoms with Crippen molar-refractivity contribution >= 4 is 16.9 Å². The van der Waals surface area contributed by atoms with Gasteiger partial charge in [-0.05, 0) is 44.5 Å². The van der Waals surface area contributed by atoms with Crippen LogP contribution < -0.4 is 0 Å². The van der Waals surface area contributed by atoms with Crippen molar-refractivity contribution in [2.45, 2.75) is 51.9 Å². The molecule has 3 atom stereocenters. The summed E-state index contributed by atoms with van der Waals surface area (Å²) in [5.74, 6) is 1.15. The van der Waals surface area contributed by atoms with Crippen molar-refractivity contribution in [1.82, 2.24) is 14.5 Å². The zero-order valence-electron chi connectivity index (χ0n) is 14.5. The fourth-order valence-electron chi connectivity index (χ4n) is 3.95. The van der Waals surface area contributed by atoms with Crippen LogP contribution in [-0.4, -0.2) is 31.4 Å². The van der Waals surface area contributed by atoms with Crippen LogP contribution in [0.3, 0.4) is 0 Å². The summed E-state index contributed by atoms with van der Waals surface area (Å²) in [5.41, 5.74) is 3.76. The van der Waals surface area contributed by atoms with E-state index in [1.807, 2.05) is 24.0 Å². The highest BCUT2D eigenvalue weighted by atomic mass is 32.2. The van der Waals surface area contributed by atoms with Crippen molar-refractivity contribution in [2.24, 2.45) is 4.99 Å². The number of aromatic nitrogens is 2. The third-order valence-electron chi connectivity index (χ3n) is 5.18. The van der Waals surface area contributed by atoms with Crippen molar-refractivity contribution < 1.29 is 0 Å². The van der Waals surface area contributed by atoms with Crippen LogP contribution >= 0.6 is 11.8 Å². The minimum Gasteiger partial charge on any atom is -0.347 e. The van der Waals surface area contributed by atoms with E-state index in [4.69, 9.17) is 4.99 Å². The molecule has 0 amide bonds. The van der Waals surface area contributed by atoms with Gasteiger partial charge in [0.05, 0.1) is 11.7 Å². The van der Waals surface area contributed by atoms with Gasteiger partial charge in [0.2, 0.25) is 0 Å². The number of amidine groups is 1. The van der Waals surface area contributed by atoms with Gasteiger partial charge in [-0.15, -0.1) is 0 Å². The molecule has 0 aliphatic carbocycles. The first-order valence-electron chi connectivity index (χ1n) is 8.80. The molecule has 4 heterocycles. The molecule has 4 rings (SSSR count). The summed E-state index contributed by atoms with van der Waals surface area (Å²) in [7, 11) is 0. The predicted molar refractivity (Wildman–Crippen MR) is 100 cm³/mol. The van der Waals surface area contributed by atoms with Gasteiger partial charge in [0.15, 0.2) is 5.17 Å². The molecule has 0 spiro atoms. The smallest absolute Gasteiger partial charge is 0.160 e. The van der Waals surface area contributed by atoms with Gasteiger partial charge in [0.1, 0.15) is 6.04 Å². The monoisotopic (exact) mass is 340 g/mol. The van der Waals surface area contributed by atoms with Crippen molar-refractivity contribution in [3.05, 3.63) is 53.6 Å². The molecule has 2 aliphatic rings. The van der Waals surface area contributed by atoms with E-state index in [-0.39, 0.29) is 12.1 Å². The molecule has 2 aromatic rings. The predicted octanol–water partition coefficient (Wildman–Crippen LogP) is 4.19. The number of rotatable bonds is 4. The van der Waals surface area contributed by atoms with Crippen LogP contribution in [0.25, 0.3) is 0 Å². The van der Waals surface area contributed by atoms with E-state index in [1.54, 1.807) is 0 Å². The number of thioether (sulfide) groups is 1. The number of aliphatic imine (C=N–C) groups is 1. The fourth-order valence-corrected chi connectivity index (χ4v) is 5.29. The Morgan fingerprint density at radius 2 is 2.08 bits per heavy atom. The maximum Gasteiger partial charge on any atom is 0.160 e. The Bertz CT molecular complexity index is 752. The van der Waals surface area contributed by atoms with Gasteiger partial charge in [0, 0.05) is 35.9 Å². The number of fused-ring (bicyclic) bond motifs is 1. The number of aryl methyl sites for hydroxylation is 1. The number of nitrogens with zero attached hydrogens (tertiary/aromatic N) is 4. The van der Waals surface area contributed by atoms with Gasteiger partial charge in [-0.25, -0.2) is 0 Å². The molecule has 1 saturated heterocycles. The highest BCUT2D eigenvalue weighted by Crippen LogP contribution is 2.48. The molecular weight excluding hydrogens is 316 g/mol. The average Bonchev–Trinajstić information content (AvgIpc) is 3.28. The Hall–Kier alpha value is -1.75. The lowest BCUT2D eigenvalue weighted by Crippen LogP contribution is -2.36. The molecule has 2 aromatic heterocycles. The highest BCUT2D eigenvalue weighted by Gasteiger charge is 2.46. The Kier molecular flexibility index (Phi) is 4.12. The summed E-state index contributed by atoms with van der Waals surface area (Å²) in [6, 6.07) is 11.6. The average molecular weight is 340 g/mol. The molecule has 24 heavy (non-hydrogen) atoms. The zero-order chi connectivity index (χ0) is 16.7. The molecule has 4 nitrogen and oxygen atoms in total. The minimum atomic E-state index is 0.0858. The first kappa shape index (κ1) is 15.8. The van der Waals surface area contributed by atoms with E-state index < -0.39 is 0 Å². The largest absolute Gasteiger partial charge is 0.347 e. The SMILES string of the molecule is CC[C@@H]1CSC2=N[C@H](c3ccccn3)[C@H](c3ccc(C)n3CC)N21. The van der Waals surface area contributed by atoms with E-state index in [0.29, 0.717) is 6.04 Å². The molecule has 2 aliphatic heterocycles.